The second kappa shape index (κ2) is 7.50. The van der Waals surface area contributed by atoms with Gasteiger partial charge in [-0.1, -0.05) is 29.3 Å². The monoisotopic (exact) mass is 366 g/mol. The van der Waals surface area contributed by atoms with E-state index in [9.17, 15) is 13.2 Å². The van der Waals surface area contributed by atoms with Gasteiger partial charge in [0.2, 0.25) is 0 Å². The van der Waals surface area contributed by atoms with Crippen molar-refractivity contribution in [3.63, 3.8) is 0 Å². The Balaban J connectivity index is 1.69. The summed E-state index contributed by atoms with van der Waals surface area (Å²) in [7, 11) is 0. The third-order valence-corrected chi connectivity index (χ3v) is 4.69. The van der Waals surface area contributed by atoms with Gasteiger partial charge in [-0.3, -0.25) is 0 Å². The Labute approximate surface area is 149 Å². The van der Waals surface area contributed by atoms with Gasteiger partial charge in [0.15, 0.2) is 11.6 Å². The molecule has 1 aliphatic rings. The molecule has 0 aliphatic heterocycles. The van der Waals surface area contributed by atoms with Gasteiger partial charge in [0.05, 0.1) is 0 Å². The third-order valence-electron chi connectivity index (χ3n) is 4.46. The molecule has 0 saturated carbocycles. The van der Waals surface area contributed by atoms with Crippen LogP contribution >= 0.6 is 11.6 Å². The van der Waals surface area contributed by atoms with Crippen molar-refractivity contribution in [1.29, 1.82) is 0 Å². The molecule has 25 heavy (non-hydrogen) atoms. The van der Waals surface area contributed by atoms with Crippen LogP contribution in [0.5, 0.6) is 0 Å². The predicted octanol–water partition coefficient (Wildman–Crippen LogP) is 5.00. The highest BCUT2D eigenvalue weighted by molar-refractivity contribution is 6.30. The first-order valence-corrected chi connectivity index (χ1v) is 8.39. The van der Waals surface area contributed by atoms with Crippen molar-refractivity contribution in [2.45, 2.75) is 24.8 Å². The van der Waals surface area contributed by atoms with Crippen LogP contribution in [0.15, 0.2) is 48.0 Å². The largest absolute Gasteiger partial charge is 0.381 e. The van der Waals surface area contributed by atoms with E-state index in [1.54, 1.807) is 6.07 Å². The number of hydrogen-bond donors (Lipinski definition) is 2. The van der Waals surface area contributed by atoms with Crippen LogP contribution in [0.4, 0.5) is 18.9 Å². The first-order valence-electron chi connectivity index (χ1n) is 8.01. The van der Waals surface area contributed by atoms with Crippen LogP contribution in [-0.2, 0) is 0 Å². The Morgan fingerprint density at radius 3 is 2.56 bits per heavy atom. The standard InChI is InChI=1S/C19H18ClF3N2/c20-12-2-1-3-13(7-12)25-10-11-4-5-14(19(24)6-11)15-8-17(22)18(23)9-16(15)21/h1-4,7-9,14,19,25H,5-6,10,24H2/t14-,19+/m1/s1. The lowest BCUT2D eigenvalue weighted by Crippen LogP contribution is -2.33. The molecule has 0 spiro atoms. The van der Waals surface area contributed by atoms with Crippen LogP contribution in [-0.4, -0.2) is 12.6 Å². The second-order valence-corrected chi connectivity index (χ2v) is 6.66. The molecule has 0 radical (unpaired) electrons. The molecule has 0 bridgehead atoms. The van der Waals surface area contributed by atoms with Crippen LogP contribution in [0.2, 0.25) is 5.02 Å². The van der Waals surface area contributed by atoms with Gasteiger partial charge >= 0.3 is 0 Å². The molecule has 0 amide bonds. The normalized spacial score (nSPS) is 20.3. The number of anilines is 1. The summed E-state index contributed by atoms with van der Waals surface area (Å²) in [5, 5.41) is 3.91. The lowest BCUT2D eigenvalue weighted by molar-refractivity contribution is 0.455. The zero-order valence-electron chi connectivity index (χ0n) is 13.4. The minimum absolute atomic E-state index is 0.129. The molecule has 2 aromatic carbocycles. The topological polar surface area (TPSA) is 38.0 Å². The number of nitrogens with two attached hydrogens (primary N) is 1. The summed E-state index contributed by atoms with van der Waals surface area (Å²) in [6.45, 7) is 0.598. The van der Waals surface area contributed by atoms with Crippen molar-refractivity contribution in [3.8, 4) is 0 Å². The smallest absolute Gasteiger partial charge is 0.161 e. The Bertz CT molecular complexity index is 807. The van der Waals surface area contributed by atoms with Crippen LogP contribution in [0.3, 0.4) is 0 Å². The quantitative estimate of drug-likeness (QED) is 0.590. The molecule has 0 fully saturated rings. The van der Waals surface area contributed by atoms with Crippen LogP contribution in [0.25, 0.3) is 0 Å². The SMILES string of the molecule is N[C@H]1CC(CNc2cccc(Cl)c2)=CC[C@@H]1c1cc(F)c(F)cc1F. The summed E-state index contributed by atoms with van der Waals surface area (Å²) in [5.41, 5.74) is 8.30. The van der Waals surface area contributed by atoms with Gasteiger partial charge in [-0.15, -0.1) is 0 Å². The van der Waals surface area contributed by atoms with Crippen molar-refractivity contribution in [2.75, 3.05) is 11.9 Å². The first kappa shape index (κ1) is 17.8. The van der Waals surface area contributed by atoms with E-state index in [-0.39, 0.29) is 17.5 Å². The number of halogens is 4. The predicted molar refractivity (Wildman–Crippen MR) is 94.3 cm³/mol. The number of nitrogens with one attached hydrogen (secondary N) is 1. The number of rotatable bonds is 4. The summed E-state index contributed by atoms with van der Waals surface area (Å²) in [6, 6.07) is 8.52. The molecule has 0 unspecified atom stereocenters. The van der Waals surface area contributed by atoms with Gasteiger partial charge in [-0.2, -0.15) is 0 Å². The molecule has 0 saturated heterocycles. The van der Waals surface area contributed by atoms with Gasteiger partial charge in [0, 0.05) is 35.3 Å². The molecule has 6 heteroatoms. The molecule has 0 heterocycles. The van der Waals surface area contributed by atoms with Crippen LogP contribution < -0.4 is 11.1 Å². The molecular formula is C19H18ClF3N2. The average molecular weight is 367 g/mol. The third kappa shape index (κ3) is 4.17. The molecule has 3 rings (SSSR count). The molecule has 0 aromatic heterocycles. The fraction of sp³-hybridized carbons (Fsp3) is 0.263. The molecule has 2 nitrogen and oxygen atoms in total. The van der Waals surface area contributed by atoms with Crippen molar-refractivity contribution < 1.29 is 13.2 Å². The molecule has 1 aliphatic carbocycles. The van der Waals surface area contributed by atoms with Gasteiger partial charge in [0.1, 0.15) is 5.82 Å². The van der Waals surface area contributed by atoms with Crippen molar-refractivity contribution in [2.24, 2.45) is 5.73 Å². The van der Waals surface area contributed by atoms with Gasteiger partial charge in [-0.25, -0.2) is 13.2 Å². The summed E-state index contributed by atoms with van der Waals surface area (Å²) < 4.78 is 40.5. The molecule has 132 valence electrons. The Kier molecular flexibility index (Phi) is 5.35. The van der Waals surface area contributed by atoms with E-state index >= 15 is 0 Å². The van der Waals surface area contributed by atoms with Crippen molar-refractivity contribution >= 4 is 17.3 Å². The number of benzene rings is 2. The zero-order chi connectivity index (χ0) is 18.0. The van der Waals surface area contributed by atoms with E-state index in [0.29, 0.717) is 30.5 Å². The lowest BCUT2D eigenvalue weighted by atomic mass is 9.80. The summed E-state index contributed by atoms with van der Waals surface area (Å²) in [5.74, 6) is -3.37. The van der Waals surface area contributed by atoms with Gasteiger partial charge in [0.25, 0.3) is 0 Å². The van der Waals surface area contributed by atoms with E-state index in [4.69, 9.17) is 17.3 Å². The van der Waals surface area contributed by atoms with Crippen molar-refractivity contribution in [1.82, 2.24) is 0 Å². The fourth-order valence-electron chi connectivity index (χ4n) is 3.13. The summed E-state index contributed by atoms with van der Waals surface area (Å²) >= 11 is 5.95. The highest BCUT2D eigenvalue weighted by Gasteiger charge is 2.27. The highest BCUT2D eigenvalue weighted by Crippen LogP contribution is 2.33. The first-order chi connectivity index (χ1) is 11.9. The van der Waals surface area contributed by atoms with Crippen LogP contribution in [0.1, 0.15) is 24.3 Å². The van der Waals surface area contributed by atoms with E-state index < -0.39 is 17.5 Å². The maximum Gasteiger partial charge on any atom is 0.161 e. The zero-order valence-corrected chi connectivity index (χ0v) is 14.2. The Morgan fingerprint density at radius 1 is 1.08 bits per heavy atom. The number of allylic oxidation sites excluding steroid dienone is 1. The highest BCUT2D eigenvalue weighted by atomic mass is 35.5. The Hall–Kier alpha value is -1.98. The maximum absolute atomic E-state index is 14.0. The lowest BCUT2D eigenvalue weighted by Gasteiger charge is -2.29. The average Bonchev–Trinajstić information content (AvgIpc) is 2.57. The summed E-state index contributed by atoms with van der Waals surface area (Å²) in [4.78, 5) is 0. The molecule has 2 atom stereocenters. The molecule has 2 aromatic rings. The van der Waals surface area contributed by atoms with E-state index in [1.165, 1.54) is 0 Å². The molecular weight excluding hydrogens is 349 g/mol. The minimum atomic E-state index is -1.19. The van der Waals surface area contributed by atoms with E-state index in [0.717, 1.165) is 17.3 Å². The van der Waals surface area contributed by atoms with Gasteiger partial charge in [-0.05, 0) is 42.7 Å². The summed E-state index contributed by atoms with van der Waals surface area (Å²) in [6.07, 6.45) is 3.01. The molecule has 3 N–H and O–H groups in total. The maximum atomic E-state index is 14.0. The van der Waals surface area contributed by atoms with Crippen LogP contribution in [0, 0.1) is 17.5 Å². The fourth-order valence-corrected chi connectivity index (χ4v) is 3.33. The van der Waals surface area contributed by atoms with Gasteiger partial charge < -0.3 is 11.1 Å². The van der Waals surface area contributed by atoms with E-state index in [1.807, 2.05) is 24.3 Å². The minimum Gasteiger partial charge on any atom is -0.381 e. The Morgan fingerprint density at radius 2 is 1.84 bits per heavy atom. The van der Waals surface area contributed by atoms with Crippen molar-refractivity contribution in [3.05, 3.63) is 76.1 Å². The second-order valence-electron chi connectivity index (χ2n) is 6.22. The number of hydrogen-bond acceptors (Lipinski definition) is 2. The van der Waals surface area contributed by atoms with E-state index in [2.05, 4.69) is 5.32 Å².